The molecule has 1 atom stereocenters. The molecule has 2 rings (SSSR count). The zero-order valence-electron chi connectivity index (χ0n) is 28.2. The minimum atomic E-state index is -3.45. The van der Waals surface area contributed by atoms with Gasteiger partial charge in [0, 0.05) is 11.6 Å². The van der Waals surface area contributed by atoms with Gasteiger partial charge in [-0.15, -0.1) is 0 Å². The molecule has 0 amide bonds. The molecule has 1 saturated heterocycles. The predicted molar refractivity (Wildman–Crippen MR) is 188 cm³/mol. The van der Waals surface area contributed by atoms with Crippen molar-refractivity contribution >= 4 is 69.0 Å². The summed E-state index contributed by atoms with van der Waals surface area (Å²) in [7, 11) is -17.6. The summed E-state index contributed by atoms with van der Waals surface area (Å²) < 4.78 is 44.2. The average molecular weight is 675 g/mol. The van der Waals surface area contributed by atoms with Crippen LogP contribution in [0.1, 0.15) is 18.4 Å². The van der Waals surface area contributed by atoms with Gasteiger partial charge in [0.15, 0.2) is 41.6 Å². The molecule has 1 aliphatic rings. The normalized spacial score (nSPS) is 21.4. The molecule has 0 radical (unpaired) electrons. The van der Waals surface area contributed by atoms with E-state index in [9.17, 15) is 0 Å². The molecule has 1 aromatic rings. The molecule has 13 heteroatoms. The van der Waals surface area contributed by atoms with Crippen LogP contribution in [0.5, 0.6) is 0 Å². The van der Waals surface area contributed by atoms with Crippen molar-refractivity contribution in [3.8, 4) is 0 Å². The van der Waals surface area contributed by atoms with Crippen molar-refractivity contribution in [1.29, 1.82) is 0 Å². The van der Waals surface area contributed by atoms with E-state index in [1.54, 1.807) is 0 Å². The first-order valence-electron chi connectivity index (χ1n) is 14.7. The SMILES string of the molecule is C=Cc1ccccc1[Si](O[Si](C)(C)C)(O[Si](C)(C)C)[Si]1(O[Si](C)(C)C)CCCC(O[Si](C)(C)C)(O[Si](C)(C)C)O1. The van der Waals surface area contributed by atoms with Crippen molar-refractivity contribution < 1.29 is 25.6 Å². The summed E-state index contributed by atoms with van der Waals surface area (Å²) in [6, 6.07) is 9.25. The van der Waals surface area contributed by atoms with Gasteiger partial charge in [-0.1, -0.05) is 36.9 Å². The molecule has 0 N–H and O–H groups in total. The Morgan fingerprint density at radius 1 is 0.725 bits per heavy atom. The molecule has 0 saturated carbocycles. The molecular weight excluding hydrogens is 617 g/mol. The first-order chi connectivity index (χ1) is 17.8. The summed E-state index contributed by atoms with van der Waals surface area (Å²) in [6.07, 6.45) is 3.49. The summed E-state index contributed by atoms with van der Waals surface area (Å²) in [6.45, 7) is 37.7. The molecule has 1 aromatic carbocycles. The third-order valence-electron chi connectivity index (χ3n) is 5.64. The van der Waals surface area contributed by atoms with Crippen LogP contribution >= 0.6 is 0 Å². The van der Waals surface area contributed by atoms with E-state index in [0.717, 1.165) is 23.2 Å². The Bertz CT molecular complexity index is 986. The van der Waals surface area contributed by atoms with Crippen LogP contribution < -0.4 is 5.19 Å². The first kappa shape index (κ1) is 36.4. The fraction of sp³-hybridized carbons (Fsp3) is 0.704. The summed E-state index contributed by atoms with van der Waals surface area (Å²) >= 11 is 0. The minimum absolute atomic E-state index is 0.679. The van der Waals surface area contributed by atoms with E-state index < -0.39 is 63.7 Å². The zero-order chi connectivity index (χ0) is 31.1. The van der Waals surface area contributed by atoms with Gasteiger partial charge in [0.2, 0.25) is 0 Å². The van der Waals surface area contributed by atoms with E-state index in [4.69, 9.17) is 25.6 Å². The third kappa shape index (κ3) is 10.2. The van der Waals surface area contributed by atoms with Gasteiger partial charge >= 0.3 is 16.2 Å². The van der Waals surface area contributed by atoms with Gasteiger partial charge in [-0.25, -0.2) is 0 Å². The summed E-state index contributed by atoms with van der Waals surface area (Å²) in [5.41, 5.74) is 1.04. The van der Waals surface area contributed by atoms with Crippen LogP contribution in [0.25, 0.3) is 6.08 Å². The molecule has 6 nitrogen and oxygen atoms in total. The molecule has 0 aromatic heterocycles. The largest absolute Gasteiger partial charge is 0.435 e. The van der Waals surface area contributed by atoms with Crippen LogP contribution in [-0.4, -0.2) is 63.7 Å². The van der Waals surface area contributed by atoms with Crippen LogP contribution in [0, 0.1) is 0 Å². The average Bonchev–Trinajstić information content (AvgIpc) is 2.66. The van der Waals surface area contributed by atoms with Crippen molar-refractivity contribution in [3.05, 3.63) is 36.4 Å². The van der Waals surface area contributed by atoms with Crippen LogP contribution in [-0.2, 0) is 25.6 Å². The van der Waals surface area contributed by atoms with E-state index in [1.165, 1.54) is 0 Å². The van der Waals surface area contributed by atoms with E-state index >= 15 is 0 Å². The van der Waals surface area contributed by atoms with Crippen molar-refractivity contribution in [2.45, 2.75) is 123 Å². The quantitative estimate of drug-likeness (QED) is 0.155. The topological polar surface area (TPSA) is 55.4 Å². The third-order valence-corrected chi connectivity index (χ3v) is 29.9. The molecule has 40 heavy (non-hydrogen) atoms. The Kier molecular flexibility index (Phi) is 11.2. The summed E-state index contributed by atoms with van der Waals surface area (Å²) in [5, 5.41) is 1.08. The minimum Gasteiger partial charge on any atom is -0.435 e. The van der Waals surface area contributed by atoms with E-state index in [0.29, 0.717) is 6.42 Å². The van der Waals surface area contributed by atoms with Gasteiger partial charge in [0.1, 0.15) is 0 Å². The van der Waals surface area contributed by atoms with Crippen LogP contribution in [0.3, 0.4) is 0 Å². The van der Waals surface area contributed by atoms with Gasteiger partial charge < -0.3 is 25.6 Å². The van der Waals surface area contributed by atoms with Crippen LogP contribution in [0.15, 0.2) is 30.8 Å². The number of benzene rings is 1. The molecule has 1 fully saturated rings. The van der Waals surface area contributed by atoms with Crippen molar-refractivity contribution in [2.24, 2.45) is 0 Å². The lowest BCUT2D eigenvalue weighted by Crippen LogP contribution is -2.84. The molecular formula is C27H58O6Si7. The maximum Gasteiger partial charge on any atom is 0.397 e. The van der Waals surface area contributed by atoms with E-state index in [2.05, 4.69) is 129 Å². The maximum atomic E-state index is 7.60. The summed E-state index contributed by atoms with van der Waals surface area (Å²) in [5.74, 6) is -1.16. The smallest absolute Gasteiger partial charge is 0.397 e. The zero-order valence-corrected chi connectivity index (χ0v) is 35.2. The Hall–Kier alpha value is 0.238. The Balaban J connectivity index is 3.09. The Morgan fingerprint density at radius 2 is 1.20 bits per heavy atom. The van der Waals surface area contributed by atoms with Crippen molar-refractivity contribution in [1.82, 2.24) is 0 Å². The Labute approximate surface area is 253 Å². The van der Waals surface area contributed by atoms with Gasteiger partial charge in [-0.2, -0.15) is 0 Å². The second-order valence-corrected chi connectivity index (χ2v) is 48.1. The van der Waals surface area contributed by atoms with Crippen molar-refractivity contribution in [3.63, 3.8) is 0 Å². The monoisotopic (exact) mass is 674 g/mol. The highest BCUT2D eigenvalue weighted by molar-refractivity contribution is 7.41. The van der Waals surface area contributed by atoms with E-state index in [-0.39, 0.29) is 0 Å². The number of hydrogen-bond donors (Lipinski definition) is 0. The second kappa shape index (κ2) is 12.3. The highest BCUT2D eigenvalue weighted by atomic mass is 29.3. The molecule has 0 spiro atoms. The van der Waals surface area contributed by atoms with Gasteiger partial charge in [-0.3, -0.25) is 0 Å². The fourth-order valence-electron chi connectivity index (χ4n) is 5.18. The molecule has 1 heterocycles. The molecule has 230 valence electrons. The second-order valence-electron chi connectivity index (χ2n) is 15.9. The van der Waals surface area contributed by atoms with Gasteiger partial charge in [0.05, 0.1) is 0 Å². The molecule has 1 aliphatic heterocycles. The van der Waals surface area contributed by atoms with Crippen LogP contribution in [0.4, 0.5) is 0 Å². The lowest BCUT2D eigenvalue weighted by atomic mass is 10.2. The maximum absolute atomic E-state index is 7.60. The van der Waals surface area contributed by atoms with E-state index in [1.807, 2.05) is 6.08 Å². The Morgan fingerprint density at radius 3 is 1.60 bits per heavy atom. The number of rotatable bonds is 13. The highest BCUT2D eigenvalue weighted by Crippen LogP contribution is 2.46. The predicted octanol–water partition coefficient (Wildman–Crippen LogP) is 8.22. The standard InChI is InChI=1S/C27H58O6Si7/c1-17-25-21-18-19-22-26(25)40(32-37(11,12)13,33-38(14,15)16)39(31-36(8,9)10)24-20-23-27(30-39,28-34(2,3)4)29-35(5,6)7/h17-19,21-22H,1,20,23-24H2,2-16H3. The van der Waals surface area contributed by atoms with Crippen molar-refractivity contribution in [2.75, 3.05) is 0 Å². The lowest BCUT2D eigenvalue weighted by Gasteiger charge is -2.57. The molecule has 1 unspecified atom stereocenters. The summed E-state index contributed by atoms with van der Waals surface area (Å²) in [4.78, 5) is 0. The first-order valence-corrected chi connectivity index (χ1v) is 36.6. The molecule has 0 aliphatic carbocycles. The highest BCUT2D eigenvalue weighted by Gasteiger charge is 2.73. The van der Waals surface area contributed by atoms with Gasteiger partial charge in [0.25, 0.3) is 5.97 Å². The fourth-order valence-corrected chi connectivity index (χ4v) is 42.1. The van der Waals surface area contributed by atoms with Gasteiger partial charge in [-0.05, 0) is 116 Å². The van der Waals surface area contributed by atoms with Crippen LogP contribution in [0.2, 0.25) is 104 Å². The number of hydrogen-bond acceptors (Lipinski definition) is 6. The molecule has 0 bridgehead atoms. The lowest BCUT2D eigenvalue weighted by molar-refractivity contribution is -0.284.